The fourth-order valence-electron chi connectivity index (χ4n) is 3.74. The van der Waals surface area contributed by atoms with Gasteiger partial charge in [0.15, 0.2) is 0 Å². The van der Waals surface area contributed by atoms with Crippen molar-refractivity contribution in [2.75, 3.05) is 7.05 Å². The molecule has 16 heavy (non-hydrogen) atoms. The minimum Gasteiger partial charge on any atom is -0.312 e. The molecule has 2 saturated carbocycles. The molecule has 2 aliphatic rings. The summed E-state index contributed by atoms with van der Waals surface area (Å²) in [5, 5.41) is 3.46. The molecule has 2 bridgehead atoms. The van der Waals surface area contributed by atoms with Gasteiger partial charge in [0.2, 0.25) is 0 Å². The van der Waals surface area contributed by atoms with Crippen molar-refractivity contribution < 1.29 is 0 Å². The van der Waals surface area contributed by atoms with Crippen LogP contribution in [0.25, 0.3) is 0 Å². The lowest BCUT2D eigenvalue weighted by molar-refractivity contribution is 0.285. The Bertz CT molecular complexity index is 336. The highest BCUT2D eigenvalue weighted by Gasteiger charge is 2.40. The molecular formula is C13H20N2S. The maximum Gasteiger partial charge on any atom is 0.0794 e. The normalized spacial score (nSPS) is 34.4. The van der Waals surface area contributed by atoms with Gasteiger partial charge in [0.1, 0.15) is 0 Å². The van der Waals surface area contributed by atoms with E-state index in [0.29, 0.717) is 6.04 Å². The van der Waals surface area contributed by atoms with Crippen molar-refractivity contribution in [2.45, 2.75) is 38.1 Å². The average molecular weight is 236 g/mol. The molecule has 1 aromatic rings. The molecule has 4 unspecified atom stereocenters. The van der Waals surface area contributed by atoms with Crippen molar-refractivity contribution in [3.05, 3.63) is 16.6 Å². The molecule has 0 spiro atoms. The molecule has 4 atom stereocenters. The fraction of sp³-hybridized carbons (Fsp3) is 0.769. The van der Waals surface area contributed by atoms with E-state index in [1.807, 2.05) is 11.7 Å². The Labute approximate surface area is 101 Å². The molecule has 2 aliphatic carbocycles. The Morgan fingerprint density at radius 2 is 2.44 bits per heavy atom. The Hall–Kier alpha value is -0.410. The van der Waals surface area contributed by atoms with Gasteiger partial charge in [0, 0.05) is 17.1 Å². The van der Waals surface area contributed by atoms with E-state index < -0.39 is 0 Å². The number of fused-ring (bicyclic) bond motifs is 2. The average Bonchev–Trinajstić information content (AvgIpc) is 3.01. The quantitative estimate of drug-likeness (QED) is 0.868. The molecule has 3 heteroatoms. The molecule has 0 radical (unpaired) electrons. The number of nitrogens with zero attached hydrogens (tertiary/aromatic N) is 1. The van der Waals surface area contributed by atoms with E-state index in [0.717, 1.165) is 17.8 Å². The first kappa shape index (κ1) is 10.7. The molecule has 3 rings (SSSR count). The molecule has 1 aromatic heterocycles. The summed E-state index contributed by atoms with van der Waals surface area (Å²) in [5.41, 5.74) is 1.94. The van der Waals surface area contributed by atoms with Crippen molar-refractivity contribution in [3.8, 4) is 0 Å². The largest absolute Gasteiger partial charge is 0.312 e. The zero-order valence-electron chi connectivity index (χ0n) is 9.86. The fourth-order valence-corrected chi connectivity index (χ4v) is 4.49. The van der Waals surface area contributed by atoms with Crippen molar-refractivity contribution in [1.82, 2.24) is 10.3 Å². The number of nitrogens with one attached hydrogen (secondary N) is 1. The summed E-state index contributed by atoms with van der Waals surface area (Å²) in [5.74, 6) is 3.07. The first-order valence-electron chi connectivity index (χ1n) is 6.42. The van der Waals surface area contributed by atoms with E-state index in [9.17, 15) is 0 Å². The second-order valence-electron chi connectivity index (χ2n) is 5.42. The van der Waals surface area contributed by atoms with Crippen molar-refractivity contribution >= 4 is 11.3 Å². The van der Waals surface area contributed by atoms with Crippen LogP contribution in [0.2, 0.25) is 0 Å². The summed E-state index contributed by atoms with van der Waals surface area (Å²) in [6.45, 7) is 0. The third kappa shape index (κ3) is 1.91. The van der Waals surface area contributed by atoms with Gasteiger partial charge in [-0.25, -0.2) is 0 Å². The second-order valence-corrected chi connectivity index (χ2v) is 6.33. The van der Waals surface area contributed by atoms with E-state index in [1.54, 1.807) is 11.3 Å². The standard InChI is InChI=1S/C13H20N2S/c1-14-12(13-7-15-8-16-13)6-11-5-9-2-3-10(11)4-9/h7-12,14H,2-6H2,1H3. The van der Waals surface area contributed by atoms with Crippen LogP contribution < -0.4 is 5.32 Å². The van der Waals surface area contributed by atoms with E-state index in [1.165, 1.54) is 37.0 Å². The van der Waals surface area contributed by atoms with Gasteiger partial charge in [0.25, 0.3) is 0 Å². The molecule has 2 fully saturated rings. The van der Waals surface area contributed by atoms with Crippen LogP contribution in [0.3, 0.4) is 0 Å². The van der Waals surface area contributed by atoms with Crippen LogP contribution in [-0.2, 0) is 0 Å². The Balaban J connectivity index is 1.65. The number of hydrogen-bond acceptors (Lipinski definition) is 3. The van der Waals surface area contributed by atoms with Crippen LogP contribution in [0.5, 0.6) is 0 Å². The van der Waals surface area contributed by atoms with Crippen LogP contribution in [-0.4, -0.2) is 12.0 Å². The van der Waals surface area contributed by atoms with Gasteiger partial charge >= 0.3 is 0 Å². The van der Waals surface area contributed by atoms with Crippen LogP contribution >= 0.6 is 11.3 Å². The predicted molar refractivity (Wildman–Crippen MR) is 67.5 cm³/mol. The van der Waals surface area contributed by atoms with E-state index in [2.05, 4.69) is 17.3 Å². The van der Waals surface area contributed by atoms with Crippen LogP contribution in [0, 0.1) is 17.8 Å². The second kappa shape index (κ2) is 4.46. The molecule has 1 N–H and O–H groups in total. The Morgan fingerprint density at radius 3 is 3.00 bits per heavy atom. The number of aromatic nitrogens is 1. The molecular weight excluding hydrogens is 216 g/mol. The van der Waals surface area contributed by atoms with Crippen molar-refractivity contribution in [3.63, 3.8) is 0 Å². The number of hydrogen-bond donors (Lipinski definition) is 1. The first-order valence-corrected chi connectivity index (χ1v) is 7.30. The first-order chi connectivity index (χ1) is 7.86. The summed E-state index contributed by atoms with van der Waals surface area (Å²) < 4.78 is 0. The van der Waals surface area contributed by atoms with Gasteiger partial charge in [-0.15, -0.1) is 11.3 Å². The van der Waals surface area contributed by atoms with E-state index in [-0.39, 0.29) is 0 Å². The topological polar surface area (TPSA) is 24.9 Å². The number of rotatable bonds is 4. The van der Waals surface area contributed by atoms with Crippen molar-refractivity contribution in [1.29, 1.82) is 0 Å². The lowest BCUT2D eigenvalue weighted by atomic mass is 9.84. The van der Waals surface area contributed by atoms with Crippen LogP contribution in [0.1, 0.15) is 43.0 Å². The van der Waals surface area contributed by atoms with Gasteiger partial charge in [0.05, 0.1) is 5.51 Å². The summed E-state index contributed by atoms with van der Waals surface area (Å²) in [6.07, 6.45) is 9.35. The highest BCUT2D eigenvalue weighted by atomic mass is 32.1. The highest BCUT2D eigenvalue weighted by Crippen LogP contribution is 2.51. The highest BCUT2D eigenvalue weighted by molar-refractivity contribution is 7.09. The maximum absolute atomic E-state index is 4.19. The molecule has 1 heterocycles. The molecule has 0 aliphatic heterocycles. The lowest BCUT2D eigenvalue weighted by Gasteiger charge is -2.25. The van der Waals surface area contributed by atoms with Crippen LogP contribution in [0.4, 0.5) is 0 Å². The molecule has 0 saturated heterocycles. The Morgan fingerprint density at radius 1 is 1.50 bits per heavy atom. The monoisotopic (exact) mass is 236 g/mol. The third-order valence-electron chi connectivity index (χ3n) is 4.57. The molecule has 0 amide bonds. The summed E-state index contributed by atoms with van der Waals surface area (Å²) in [7, 11) is 2.08. The summed E-state index contributed by atoms with van der Waals surface area (Å²) >= 11 is 1.79. The zero-order valence-corrected chi connectivity index (χ0v) is 10.7. The molecule has 0 aromatic carbocycles. The van der Waals surface area contributed by atoms with Crippen molar-refractivity contribution in [2.24, 2.45) is 17.8 Å². The predicted octanol–water partition coefficient (Wildman–Crippen LogP) is 3.23. The van der Waals surface area contributed by atoms with E-state index >= 15 is 0 Å². The SMILES string of the molecule is CNC(CC1CC2CCC1C2)c1cncs1. The number of thiazole rings is 1. The van der Waals surface area contributed by atoms with Gasteiger partial charge in [-0.3, -0.25) is 4.98 Å². The maximum atomic E-state index is 4.19. The molecule has 2 nitrogen and oxygen atoms in total. The lowest BCUT2D eigenvalue weighted by Crippen LogP contribution is -2.21. The summed E-state index contributed by atoms with van der Waals surface area (Å²) in [6, 6.07) is 0.539. The minimum absolute atomic E-state index is 0.539. The minimum atomic E-state index is 0.539. The van der Waals surface area contributed by atoms with Crippen LogP contribution in [0.15, 0.2) is 11.7 Å². The molecule has 88 valence electrons. The zero-order chi connectivity index (χ0) is 11.0. The van der Waals surface area contributed by atoms with Gasteiger partial charge in [-0.1, -0.05) is 6.42 Å². The summed E-state index contributed by atoms with van der Waals surface area (Å²) in [4.78, 5) is 5.60. The van der Waals surface area contributed by atoms with E-state index in [4.69, 9.17) is 0 Å². The van der Waals surface area contributed by atoms with Gasteiger partial charge in [-0.05, 0) is 50.5 Å². The van der Waals surface area contributed by atoms with Gasteiger partial charge in [-0.2, -0.15) is 0 Å². The third-order valence-corrected chi connectivity index (χ3v) is 5.46. The smallest absolute Gasteiger partial charge is 0.0794 e. The van der Waals surface area contributed by atoms with Gasteiger partial charge < -0.3 is 5.32 Å². The Kier molecular flexibility index (Phi) is 2.99.